The molecule has 1 heterocycles. The summed E-state index contributed by atoms with van der Waals surface area (Å²) >= 11 is 3.42. The van der Waals surface area contributed by atoms with Gasteiger partial charge in [-0.1, -0.05) is 57.4 Å². The molecule has 26 heavy (non-hydrogen) atoms. The van der Waals surface area contributed by atoms with Crippen LogP contribution in [0.25, 0.3) is 6.08 Å². The Balaban J connectivity index is 1.51. The van der Waals surface area contributed by atoms with Gasteiger partial charge >= 0.3 is 0 Å². The van der Waals surface area contributed by atoms with Gasteiger partial charge in [-0.05, 0) is 43.2 Å². The highest BCUT2D eigenvalue weighted by atomic mass is 79.9. The fourth-order valence-electron chi connectivity index (χ4n) is 3.39. The van der Waals surface area contributed by atoms with E-state index in [1.54, 1.807) is 6.08 Å². The number of amides is 1. The minimum atomic E-state index is 0.0963. The third-order valence-electron chi connectivity index (χ3n) is 4.66. The summed E-state index contributed by atoms with van der Waals surface area (Å²) < 4.78 is 1.04. The van der Waals surface area contributed by atoms with Gasteiger partial charge in [0.1, 0.15) is 0 Å². The molecule has 0 bridgehead atoms. The van der Waals surface area contributed by atoms with Crippen LogP contribution in [0.2, 0.25) is 0 Å². The Morgan fingerprint density at radius 3 is 2.23 bits per heavy atom. The second-order valence-electron chi connectivity index (χ2n) is 6.98. The van der Waals surface area contributed by atoms with Gasteiger partial charge in [0, 0.05) is 43.3 Å². The molecule has 1 aliphatic rings. The van der Waals surface area contributed by atoms with Gasteiger partial charge in [-0.2, -0.15) is 0 Å². The van der Waals surface area contributed by atoms with Crippen LogP contribution >= 0.6 is 15.9 Å². The van der Waals surface area contributed by atoms with Crippen LogP contribution < -0.4 is 0 Å². The minimum Gasteiger partial charge on any atom is -0.337 e. The maximum absolute atomic E-state index is 12.4. The Morgan fingerprint density at radius 1 is 1.00 bits per heavy atom. The maximum Gasteiger partial charge on any atom is 0.246 e. The molecular weight excluding hydrogens is 388 g/mol. The second kappa shape index (κ2) is 8.65. The van der Waals surface area contributed by atoms with Crippen LogP contribution in [-0.4, -0.2) is 41.9 Å². The highest BCUT2D eigenvalue weighted by Crippen LogP contribution is 2.14. The fraction of sp³-hybridized carbons (Fsp3) is 0.318. The molecule has 0 atom stereocenters. The van der Waals surface area contributed by atoms with Crippen molar-refractivity contribution in [3.63, 3.8) is 0 Å². The summed E-state index contributed by atoms with van der Waals surface area (Å²) in [5, 5.41) is 0. The van der Waals surface area contributed by atoms with E-state index >= 15 is 0 Å². The smallest absolute Gasteiger partial charge is 0.246 e. The van der Waals surface area contributed by atoms with Crippen LogP contribution in [0.1, 0.15) is 22.3 Å². The SMILES string of the molecule is Cc1cc(C)cc(CN2CCN(C(=O)/C=C/c3ccc(Br)cc3)CC2)c1. The lowest BCUT2D eigenvalue weighted by Gasteiger charge is -2.34. The number of rotatable bonds is 4. The molecule has 1 aliphatic heterocycles. The predicted molar refractivity (Wildman–Crippen MR) is 111 cm³/mol. The van der Waals surface area contributed by atoms with Crippen molar-refractivity contribution in [1.82, 2.24) is 9.80 Å². The largest absolute Gasteiger partial charge is 0.337 e. The summed E-state index contributed by atoms with van der Waals surface area (Å²) in [5.41, 5.74) is 5.02. The van der Waals surface area contributed by atoms with Crippen LogP contribution in [0.15, 0.2) is 53.0 Å². The van der Waals surface area contributed by atoms with Gasteiger partial charge in [-0.15, -0.1) is 0 Å². The zero-order chi connectivity index (χ0) is 18.5. The molecule has 0 radical (unpaired) electrons. The molecule has 4 heteroatoms. The molecule has 1 saturated heterocycles. The number of hydrogen-bond donors (Lipinski definition) is 0. The molecule has 0 spiro atoms. The van der Waals surface area contributed by atoms with Crippen molar-refractivity contribution >= 4 is 27.9 Å². The zero-order valence-electron chi connectivity index (χ0n) is 15.4. The lowest BCUT2D eigenvalue weighted by molar-refractivity contribution is -0.127. The average molecular weight is 413 g/mol. The van der Waals surface area contributed by atoms with E-state index in [9.17, 15) is 4.79 Å². The monoisotopic (exact) mass is 412 g/mol. The molecule has 2 aromatic rings. The number of halogens is 1. The zero-order valence-corrected chi connectivity index (χ0v) is 17.0. The Labute approximate surface area is 164 Å². The molecule has 1 fully saturated rings. The standard InChI is InChI=1S/C22H25BrN2O/c1-17-13-18(2)15-20(14-17)16-24-9-11-25(12-10-24)22(26)8-5-19-3-6-21(23)7-4-19/h3-8,13-15H,9-12,16H2,1-2H3/b8-5+. The van der Waals surface area contributed by atoms with E-state index in [1.165, 1.54) is 16.7 Å². The van der Waals surface area contributed by atoms with Crippen molar-refractivity contribution in [2.24, 2.45) is 0 Å². The first-order valence-electron chi connectivity index (χ1n) is 9.02. The average Bonchev–Trinajstić information content (AvgIpc) is 2.61. The lowest BCUT2D eigenvalue weighted by Crippen LogP contribution is -2.47. The Morgan fingerprint density at radius 2 is 1.62 bits per heavy atom. The first-order valence-corrected chi connectivity index (χ1v) is 9.81. The topological polar surface area (TPSA) is 23.6 Å². The predicted octanol–water partition coefficient (Wildman–Crippen LogP) is 4.42. The van der Waals surface area contributed by atoms with Gasteiger partial charge < -0.3 is 4.90 Å². The van der Waals surface area contributed by atoms with Crippen molar-refractivity contribution < 1.29 is 4.79 Å². The van der Waals surface area contributed by atoms with E-state index < -0.39 is 0 Å². The van der Waals surface area contributed by atoms with E-state index in [0.717, 1.165) is 42.8 Å². The van der Waals surface area contributed by atoms with Crippen LogP contribution in [0.3, 0.4) is 0 Å². The van der Waals surface area contributed by atoms with Crippen molar-refractivity contribution in [1.29, 1.82) is 0 Å². The van der Waals surface area contributed by atoms with Crippen molar-refractivity contribution in [3.8, 4) is 0 Å². The van der Waals surface area contributed by atoms with E-state index in [2.05, 4.69) is 52.9 Å². The van der Waals surface area contributed by atoms with Crippen LogP contribution in [0.4, 0.5) is 0 Å². The number of benzene rings is 2. The number of nitrogens with zero attached hydrogens (tertiary/aromatic N) is 2. The molecule has 0 aliphatic carbocycles. The Kier molecular flexibility index (Phi) is 6.28. The highest BCUT2D eigenvalue weighted by molar-refractivity contribution is 9.10. The number of aryl methyl sites for hydroxylation is 2. The first kappa shape index (κ1) is 18.9. The van der Waals surface area contributed by atoms with Crippen LogP contribution in [0.5, 0.6) is 0 Å². The van der Waals surface area contributed by atoms with Gasteiger partial charge in [0.25, 0.3) is 0 Å². The molecule has 2 aromatic carbocycles. The van der Waals surface area contributed by atoms with Crippen molar-refractivity contribution in [2.75, 3.05) is 26.2 Å². The summed E-state index contributed by atoms with van der Waals surface area (Å²) in [7, 11) is 0. The maximum atomic E-state index is 12.4. The van der Waals surface area contributed by atoms with Gasteiger partial charge in [-0.25, -0.2) is 0 Å². The molecular formula is C22H25BrN2O. The van der Waals surface area contributed by atoms with Gasteiger partial charge in [0.05, 0.1) is 0 Å². The van der Waals surface area contributed by atoms with Gasteiger partial charge in [0.15, 0.2) is 0 Å². The number of piperazine rings is 1. The molecule has 0 saturated carbocycles. The quantitative estimate of drug-likeness (QED) is 0.693. The third-order valence-corrected chi connectivity index (χ3v) is 5.19. The summed E-state index contributed by atoms with van der Waals surface area (Å²) in [6, 6.07) is 14.7. The molecule has 136 valence electrons. The van der Waals surface area contributed by atoms with Gasteiger partial charge in [-0.3, -0.25) is 9.69 Å². The summed E-state index contributed by atoms with van der Waals surface area (Å²) in [6.45, 7) is 8.66. The van der Waals surface area contributed by atoms with E-state index in [0.29, 0.717) is 0 Å². The van der Waals surface area contributed by atoms with E-state index in [1.807, 2.05) is 35.2 Å². The summed E-state index contributed by atoms with van der Waals surface area (Å²) in [6.07, 6.45) is 3.57. The molecule has 0 N–H and O–H groups in total. The van der Waals surface area contributed by atoms with Crippen LogP contribution in [0, 0.1) is 13.8 Å². The molecule has 3 nitrogen and oxygen atoms in total. The molecule has 0 unspecified atom stereocenters. The highest BCUT2D eigenvalue weighted by Gasteiger charge is 2.19. The Bertz CT molecular complexity index is 770. The Hall–Kier alpha value is -1.91. The van der Waals surface area contributed by atoms with Gasteiger partial charge in [0.2, 0.25) is 5.91 Å². The molecule has 0 aromatic heterocycles. The number of carbonyl (C=O) groups is 1. The molecule has 1 amide bonds. The summed E-state index contributed by atoms with van der Waals surface area (Å²) in [4.78, 5) is 16.8. The fourth-order valence-corrected chi connectivity index (χ4v) is 3.66. The minimum absolute atomic E-state index is 0.0963. The van der Waals surface area contributed by atoms with Crippen molar-refractivity contribution in [2.45, 2.75) is 20.4 Å². The number of carbonyl (C=O) groups excluding carboxylic acids is 1. The second-order valence-corrected chi connectivity index (χ2v) is 7.90. The molecule has 3 rings (SSSR count). The van der Waals surface area contributed by atoms with Crippen LogP contribution in [-0.2, 0) is 11.3 Å². The first-order chi connectivity index (χ1) is 12.5. The van der Waals surface area contributed by atoms with E-state index in [-0.39, 0.29) is 5.91 Å². The van der Waals surface area contributed by atoms with Crippen molar-refractivity contribution in [3.05, 3.63) is 75.3 Å². The number of hydrogen-bond acceptors (Lipinski definition) is 2. The summed E-state index contributed by atoms with van der Waals surface area (Å²) in [5.74, 6) is 0.0963. The van der Waals surface area contributed by atoms with E-state index in [4.69, 9.17) is 0 Å². The third kappa shape index (κ3) is 5.29. The lowest BCUT2D eigenvalue weighted by atomic mass is 10.1. The normalized spacial score (nSPS) is 15.6.